The second kappa shape index (κ2) is 5.83. The molecular weight excluding hydrogens is 269 g/mol. The standard InChI is InChI=1S/C14H17F3N2O/c1-11-2-3-13(12(8-11)9-20)19-6-4-18(5-7-19)10-14(15,16)17/h2-3,8-9H,4-7,10H2,1H3. The van der Waals surface area contributed by atoms with Crippen molar-refractivity contribution < 1.29 is 18.0 Å². The summed E-state index contributed by atoms with van der Waals surface area (Å²) in [7, 11) is 0. The molecule has 0 radical (unpaired) electrons. The van der Waals surface area contributed by atoms with Crippen LogP contribution in [-0.2, 0) is 0 Å². The van der Waals surface area contributed by atoms with Crippen molar-refractivity contribution in [3.8, 4) is 0 Å². The SMILES string of the molecule is Cc1ccc(N2CCN(CC(F)(F)F)CC2)c(C=O)c1. The first-order chi connectivity index (χ1) is 9.39. The van der Waals surface area contributed by atoms with Crippen LogP contribution < -0.4 is 4.90 Å². The van der Waals surface area contributed by atoms with Crippen LogP contribution in [0.4, 0.5) is 18.9 Å². The fourth-order valence-electron chi connectivity index (χ4n) is 2.46. The highest BCUT2D eigenvalue weighted by molar-refractivity contribution is 5.85. The van der Waals surface area contributed by atoms with Gasteiger partial charge in [0.15, 0.2) is 6.29 Å². The molecule has 2 rings (SSSR count). The fraction of sp³-hybridized carbons (Fsp3) is 0.500. The first-order valence-electron chi connectivity index (χ1n) is 6.49. The highest BCUT2D eigenvalue weighted by Crippen LogP contribution is 2.23. The van der Waals surface area contributed by atoms with Gasteiger partial charge in [-0.15, -0.1) is 0 Å². The maximum Gasteiger partial charge on any atom is 0.401 e. The Bertz CT molecular complexity index is 480. The summed E-state index contributed by atoms with van der Waals surface area (Å²) in [5.41, 5.74) is 2.39. The van der Waals surface area contributed by atoms with Gasteiger partial charge in [-0.3, -0.25) is 9.69 Å². The van der Waals surface area contributed by atoms with E-state index >= 15 is 0 Å². The largest absolute Gasteiger partial charge is 0.401 e. The van der Waals surface area contributed by atoms with Crippen molar-refractivity contribution in [2.75, 3.05) is 37.6 Å². The van der Waals surface area contributed by atoms with E-state index in [1.54, 1.807) is 6.07 Å². The minimum Gasteiger partial charge on any atom is -0.368 e. The number of carbonyl (C=O) groups excluding carboxylic acids is 1. The van der Waals surface area contributed by atoms with Crippen LogP contribution in [0, 0.1) is 6.92 Å². The summed E-state index contributed by atoms with van der Waals surface area (Å²) in [5.74, 6) is 0. The fourth-order valence-corrected chi connectivity index (χ4v) is 2.46. The number of aldehydes is 1. The molecule has 20 heavy (non-hydrogen) atoms. The zero-order valence-electron chi connectivity index (χ0n) is 11.3. The molecule has 0 aliphatic carbocycles. The average Bonchev–Trinajstić information content (AvgIpc) is 2.38. The Morgan fingerprint density at radius 1 is 1.20 bits per heavy atom. The summed E-state index contributed by atoms with van der Waals surface area (Å²) >= 11 is 0. The van der Waals surface area contributed by atoms with Gasteiger partial charge in [-0.1, -0.05) is 11.6 Å². The molecule has 110 valence electrons. The highest BCUT2D eigenvalue weighted by Gasteiger charge is 2.32. The lowest BCUT2D eigenvalue weighted by Gasteiger charge is -2.36. The molecule has 1 aromatic rings. The first-order valence-corrected chi connectivity index (χ1v) is 6.49. The molecule has 0 spiro atoms. The number of aryl methyl sites for hydroxylation is 1. The van der Waals surface area contributed by atoms with Gasteiger partial charge in [0.2, 0.25) is 0 Å². The summed E-state index contributed by atoms with van der Waals surface area (Å²) in [6.07, 6.45) is -3.36. The molecule has 0 atom stereocenters. The third-order valence-corrected chi connectivity index (χ3v) is 3.43. The molecule has 1 aromatic carbocycles. The van der Waals surface area contributed by atoms with E-state index in [2.05, 4.69) is 0 Å². The number of hydrogen-bond acceptors (Lipinski definition) is 3. The summed E-state index contributed by atoms with van der Waals surface area (Å²) in [6, 6.07) is 5.56. The van der Waals surface area contributed by atoms with Crippen LogP contribution in [0.15, 0.2) is 18.2 Å². The predicted octanol–water partition coefficient (Wildman–Crippen LogP) is 2.49. The molecule has 1 aliphatic rings. The smallest absolute Gasteiger partial charge is 0.368 e. The summed E-state index contributed by atoms with van der Waals surface area (Å²) in [5, 5.41) is 0. The first kappa shape index (κ1) is 14.8. The van der Waals surface area contributed by atoms with Crippen molar-refractivity contribution in [3.05, 3.63) is 29.3 Å². The van der Waals surface area contributed by atoms with Gasteiger partial charge in [0.1, 0.15) is 0 Å². The molecule has 0 bridgehead atoms. The van der Waals surface area contributed by atoms with Crippen LogP contribution in [-0.4, -0.2) is 50.1 Å². The molecule has 1 saturated heterocycles. The van der Waals surface area contributed by atoms with Gasteiger partial charge in [-0.05, 0) is 19.1 Å². The van der Waals surface area contributed by atoms with E-state index in [4.69, 9.17) is 0 Å². The molecule has 6 heteroatoms. The van der Waals surface area contributed by atoms with Crippen LogP contribution in [0.3, 0.4) is 0 Å². The van der Waals surface area contributed by atoms with E-state index in [9.17, 15) is 18.0 Å². The van der Waals surface area contributed by atoms with Crippen molar-refractivity contribution in [1.82, 2.24) is 4.90 Å². The van der Waals surface area contributed by atoms with Gasteiger partial charge in [-0.25, -0.2) is 0 Å². The Labute approximate surface area is 116 Å². The van der Waals surface area contributed by atoms with E-state index in [1.165, 1.54) is 4.90 Å². The normalized spacial score (nSPS) is 17.3. The van der Waals surface area contributed by atoms with Crippen molar-refractivity contribution in [2.45, 2.75) is 13.1 Å². The zero-order chi connectivity index (χ0) is 14.8. The van der Waals surface area contributed by atoms with E-state index in [0.29, 0.717) is 31.7 Å². The van der Waals surface area contributed by atoms with Gasteiger partial charge < -0.3 is 4.90 Å². The molecule has 0 saturated carbocycles. The van der Waals surface area contributed by atoms with E-state index in [1.807, 2.05) is 24.0 Å². The molecule has 0 amide bonds. The molecule has 1 aliphatic heterocycles. The topological polar surface area (TPSA) is 23.6 Å². The van der Waals surface area contributed by atoms with Crippen LogP contribution >= 0.6 is 0 Å². The maximum atomic E-state index is 12.3. The Balaban J connectivity index is 2.02. The number of benzene rings is 1. The van der Waals surface area contributed by atoms with Gasteiger partial charge in [0.25, 0.3) is 0 Å². The molecule has 3 nitrogen and oxygen atoms in total. The lowest BCUT2D eigenvalue weighted by atomic mass is 10.1. The average molecular weight is 286 g/mol. The molecule has 0 aromatic heterocycles. The number of rotatable bonds is 3. The van der Waals surface area contributed by atoms with Crippen molar-refractivity contribution in [1.29, 1.82) is 0 Å². The van der Waals surface area contributed by atoms with E-state index in [0.717, 1.165) is 17.5 Å². The van der Waals surface area contributed by atoms with Crippen LogP contribution in [0.5, 0.6) is 0 Å². The second-order valence-electron chi connectivity index (χ2n) is 5.06. The van der Waals surface area contributed by atoms with E-state index < -0.39 is 12.7 Å². The quantitative estimate of drug-likeness (QED) is 0.798. The number of hydrogen-bond donors (Lipinski definition) is 0. The number of piperazine rings is 1. The third kappa shape index (κ3) is 3.72. The maximum absolute atomic E-state index is 12.3. The van der Waals surface area contributed by atoms with E-state index in [-0.39, 0.29) is 0 Å². The Hall–Kier alpha value is -1.56. The minimum absolute atomic E-state index is 0.353. The summed E-state index contributed by atoms with van der Waals surface area (Å²) < 4.78 is 37.0. The van der Waals surface area contributed by atoms with Crippen molar-refractivity contribution >= 4 is 12.0 Å². The lowest BCUT2D eigenvalue weighted by Crippen LogP contribution is -2.49. The Kier molecular flexibility index (Phi) is 4.32. The van der Waals surface area contributed by atoms with Gasteiger partial charge in [-0.2, -0.15) is 13.2 Å². The number of halogens is 3. The second-order valence-corrected chi connectivity index (χ2v) is 5.06. The Morgan fingerprint density at radius 3 is 2.40 bits per heavy atom. The van der Waals surface area contributed by atoms with Crippen LogP contribution in [0.25, 0.3) is 0 Å². The lowest BCUT2D eigenvalue weighted by molar-refractivity contribution is -0.146. The van der Waals surface area contributed by atoms with Gasteiger partial charge in [0, 0.05) is 37.4 Å². The minimum atomic E-state index is -4.15. The molecule has 1 heterocycles. The monoisotopic (exact) mass is 286 g/mol. The molecule has 0 N–H and O–H groups in total. The summed E-state index contributed by atoms with van der Waals surface area (Å²) in [4.78, 5) is 14.5. The number of anilines is 1. The van der Waals surface area contributed by atoms with Crippen LogP contribution in [0.2, 0.25) is 0 Å². The Morgan fingerprint density at radius 2 is 1.85 bits per heavy atom. The predicted molar refractivity (Wildman–Crippen MR) is 71.3 cm³/mol. The van der Waals surface area contributed by atoms with Gasteiger partial charge >= 0.3 is 6.18 Å². The third-order valence-electron chi connectivity index (χ3n) is 3.43. The zero-order valence-corrected chi connectivity index (χ0v) is 11.3. The van der Waals surface area contributed by atoms with Crippen molar-refractivity contribution in [3.63, 3.8) is 0 Å². The number of alkyl halides is 3. The van der Waals surface area contributed by atoms with Crippen molar-refractivity contribution in [2.24, 2.45) is 0 Å². The number of nitrogens with zero attached hydrogens (tertiary/aromatic N) is 2. The molecule has 0 unspecified atom stereocenters. The molecule has 1 fully saturated rings. The highest BCUT2D eigenvalue weighted by atomic mass is 19.4. The number of carbonyl (C=O) groups is 1. The van der Waals surface area contributed by atoms with Crippen LogP contribution in [0.1, 0.15) is 15.9 Å². The molecular formula is C14H17F3N2O. The summed E-state index contributed by atoms with van der Waals surface area (Å²) in [6.45, 7) is 2.74. The van der Waals surface area contributed by atoms with Gasteiger partial charge in [0.05, 0.1) is 6.54 Å².